The maximum Gasteiger partial charge on any atom is 0.239 e. The summed E-state index contributed by atoms with van der Waals surface area (Å²) in [7, 11) is 0. The van der Waals surface area contributed by atoms with Crippen molar-refractivity contribution in [3.8, 4) is 0 Å². The molecule has 2 N–H and O–H groups in total. The third-order valence-electron chi connectivity index (χ3n) is 3.86. The quantitative estimate of drug-likeness (QED) is 0.784. The summed E-state index contributed by atoms with van der Waals surface area (Å²) in [4.78, 5) is 24.9. The van der Waals surface area contributed by atoms with E-state index in [1.165, 1.54) is 5.56 Å². The highest BCUT2D eigenvalue weighted by atomic mass is 35.5. The molecule has 0 aliphatic carbocycles. The molecule has 2 amide bonds. The molecule has 0 bridgehead atoms. The Hall–Kier alpha value is -2.33. The van der Waals surface area contributed by atoms with E-state index in [4.69, 9.17) is 11.6 Å². The zero-order valence-electron chi connectivity index (χ0n) is 14.0. The van der Waals surface area contributed by atoms with Crippen LogP contribution in [0.5, 0.6) is 0 Å². The number of aryl methyl sites for hydroxylation is 1. The summed E-state index contributed by atoms with van der Waals surface area (Å²) in [5.74, 6) is -0.745. The van der Waals surface area contributed by atoms with Crippen molar-refractivity contribution in [2.45, 2.75) is 27.2 Å². The maximum atomic E-state index is 12.5. The second kappa shape index (κ2) is 7.49. The summed E-state index contributed by atoms with van der Waals surface area (Å²) < 4.78 is 0. The van der Waals surface area contributed by atoms with E-state index in [0.717, 1.165) is 6.42 Å². The average molecular weight is 345 g/mol. The number of hydrogen-bond acceptors (Lipinski definition) is 2. The number of nitrogens with one attached hydrogen (secondary N) is 2. The average Bonchev–Trinajstić information content (AvgIpc) is 2.57. The van der Waals surface area contributed by atoms with Gasteiger partial charge in [-0.3, -0.25) is 9.59 Å². The summed E-state index contributed by atoms with van der Waals surface area (Å²) in [6.45, 7) is 5.25. The van der Waals surface area contributed by atoms with E-state index in [-0.39, 0.29) is 11.8 Å². The van der Waals surface area contributed by atoms with Crippen LogP contribution in [0.25, 0.3) is 0 Å². The van der Waals surface area contributed by atoms with Crippen LogP contribution in [0.1, 0.15) is 26.3 Å². The maximum absolute atomic E-state index is 12.5. The normalized spacial score (nSPS) is 11.0. The molecule has 0 radical (unpaired) electrons. The Bertz CT molecular complexity index is 722. The number of halogens is 1. The molecule has 2 aromatic carbocycles. The molecule has 0 unspecified atom stereocenters. The lowest BCUT2D eigenvalue weighted by Crippen LogP contribution is -2.41. The van der Waals surface area contributed by atoms with E-state index in [1.54, 1.807) is 38.1 Å². The molecule has 5 heteroatoms. The molecule has 126 valence electrons. The van der Waals surface area contributed by atoms with Crippen molar-refractivity contribution in [1.82, 2.24) is 0 Å². The van der Waals surface area contributed by atoms with Crippen LogP contribution in [0.3, 0.4) is 0 Å². The molecule has 0 spiro atoms. The topological polar surface area (TPSA) is 58.2 Å². The van der Waals surface area contributed by atoms with Crippen LogP contribution in [0.15, 0.2) is 48.5 Å². The molecule has 2 rings (SSSR count). The van der Waals surface area contributed by atoms with Gasteiger partial charge in [-0.05, 0) is 62.2 Å². The third kappa shape index (κ3) is 4.36. The van der Waals surface area contributed by atoms with Gasteiger partial charge in [0.05, 0.1) is 0 Å². The minimum atomic E-state index is -1.22. The molecule has 4 nitrogen and oxygen atoms in total. The number of hydrogen-bond donors (Lipinski definition) is 2. The van der Waals surface area contributed by atoms with Gasteiger partial charge in [-0.25, -0.2) is 0 Å². The van der Waals surface area contributed by atoms with Crippen LogP contribution in [-0.4, -0.2) is 11.8 Å². The molecular formula is C19H21ClN2O2. The van der Waals surface area contributed by atoms with Gasteiger partial charge in [0, 0.05) is 16.4 Å². The summed E-state index contributed by atoms with van der Waals surface area (Å²) in [6, 6.07) is 14.3. The van der Waals surface area contributed by atoms with E-state index in [9.17, 15) is 9.59 Å². The zero-order valence-corrected chi connectivity index (χ0v) is 14.8. The molecule has 0 atom stereocenters. The van der Waals surface area contributed by atoms with Crippen LogP contribution < -0.4 is 10.6 Å². The van der Waals surface area contributed by atoms with Crippen LogP contribution in [0, 0.1) is 5.41 Å². The number of benzene rings is 2. The highest BCUT2D eigenvalue weighted by molar-refractivity contribution is 6.30. The molecule has 0 aliphatic heterocycles. The second-order valence-electron chi connectivity index (χ2n) is 6.09. The Morgan fingerprint density at radius 2 is 1.29 bits per heavy atom. The van der Waals surface area contributed by atoms with Crippen molar-refractivity contribution in [2.24, 2.45) is 5.41 Å². The Labute approximate surface area is 147 Å². The Morgan fingerprint density at radius 3 is 1.71 bits per heavy atom. The number of amides is 2. The lowest BCUT2D eigenvalue weighted by Gasteiger charge is -2.23. The number of rotatable bonds is 5. The van der Waals surface area contributed by atoms with Gasteiger partial charge >= 0.3 is 0 Å². The first-order valence-electron chi connectivity index (χ1n) is 7.80. The predicted octanol–water partition coefficient (Wildman–Crippen LogP) is 4.51. The first kappa shape index (κ1) is 18.0. The molecule has 0 saturated heterocycles. The van der Waals surface area contributed by atoms with Crippen molar-refractivity contribution in [3.05, 3.63) is 59.1 Å². The molecule has 0 aliphatic rings. The Morgan fingerprint density at radius 1 is 0.875 bits per heavy atom. The van der Waals surface area contributed by atoms with E-state index < -0.39 is 5.41 Å². The first-order valence-corrected chi connectivity index (χ1v) is 8.18. The lowest BCUT2D eigenvalue weighted by molar-refractivity contribution is -0.135. The van der Waals surface area contributed by atoms with E-state index in [2.05, 4.69) is 17.6 Å². The largest absolute Gasteiger partial charge is 0.325 e. The van der Waals surface area contributed by atoms with E-state index in [0.29, 0.717) is 16.4 Å². The van der Waals surface area contributed by atoms with Gasteiger partial charge in [0.15, 0.2) is 0 Å². The van der Waals surface area contributed by atoms with Gasteiger partial charge < -0.3 is 10.6 Å². The monoisotopic (exact) mass is 344 g/mol. The smallest absolute Gasteiger partial charge is 0.239 e. The predicted molar refractivity (Wildman–Crippen MR) is 98.3 cm³/mol. The first-order chi connectivity index (χ1) is 11.3. The summed E-state index contributed by atoms with van der Waals surface area (Å²) in [6.07, 6.45) is 0.934. The van der Waals surface area contributed by atoms with E-state index >= 15 is 0 Å². The minimum Gasteiger partial charge on any atom is -0.325 e. The molecule has 2 aromatic rings. The second-order valence-corrected chi connectivity index (χ2v) is 6.53. The van der Waals surface area contributed by atoms with Gasteiger partial charge in [-0.1, -0.05) is 30.7 Å². The van der Waals surface area contributed by atoms with Gasteiger partial charge in [0.25, 0.3) is 0 Å². The van der Waals surface area contributed by atoms with E-state index in [1.807, 2.05) is 24.3 Å². The van der Waals surface area contributed by atoms with Crippen molar-refractivity contribution >= 4 is 34.8 Å². The van der Waals surface area contributed by atoms with Crippen molar-refractivity contribution in [1.29, 1.82) is 0 Å². The lowest BCUT2D eigenvalue weighted by atomic mass is 9.90. The standard InChI is InChI=1S/C19H21ClN2O2/c1-4-13-5-9-15(10-6-13)21-17(23)19(2,3)18(24)22-16-11-7-14(20)8-12-16/h5-12H,4H2,1-3H3,(H,21,23)(H,22,24). The summed E-state index contributed by atoms with van der Waals surface area (Å²) in [5.41, 5.74) is 1.23. The van der Waals surface area contributed by atoms with Crippen LogP contribution in [0.4, 0.5) is 11.4 Å². The fraction of sp³-hybridized carbons (Fsp3) is 0.263. The fourth-order valence-electron chi connectivity index (χ4n) is 2.03. The van der Waals surface area contributed by atoms with Crippen LogP contribution >= 0.6 is 11.6 Å². The molecule has 0 saturated carbocycles. The fourth-order valence-corrected chi connectivity index (χ4v) is 2.16. The van der Waals surface area contributed by atoms with Gasteiger partial charge in [0.1, 0.15) is 5.41 Å². The summed E-state index contributed by atoms with van der Waals surface area (Å²) in [5, 5.41) is 6.11. The SMILES string of the molecule is CCc1ccc(NC(=O)C(C)(C)C(=O)Nc2ccc(Cl)cc2)cc1. The van der Waals surface area contributed by atoms with Crippen LogP contribution in [0.2, 0.25) is 5.02 Å². The van der Waals surface area contributed by atoms with Crippen LogP contribution in [-0.2, 0) is 16.0 Å². The zero-order chi connectivity index (χ0) is 17.7. The van der Waals surface area contributed by atoms with Crippen molar-refractivity contribution in [3.63, 3.8) is 0 Å². The molecule has 0 aromatic heterocycles. The number of anilines is 2. The van der Waals surface area contributed by atoms with Gasteiger partial charge in [-0.15, -0.1) is 0 Å². The highest BCUT2D eigenvalue weighted by Gasteiger charge is 2.36. The van der Waals surface area contributed by atoms with Crippen molar-refractivity contribution in [2.75, 3.05) is 10.6 Å². The molecule has 0 heterocycles. The number of carbonyl (C=O) groups excluding carboxylic acids is 2. The van der Waals surface area contributed by atoms with Gasteiger partial charge in [-0.2, -0.15) is 0 Å². The molecule has 24 heavy (non-hydrogen) atoms. The summed E-state index contributed by atoms with van der Waals surface area (Å²) >= 11 is 5.82. The highest BCUT2D eigenvalue weighted by Crippen LogP contribution is 2.22. The minimum absolute atomic E-state index is 0.363. The third-order valence-corrected chi connectivity index (χ3v) is 4.11. The molecular weight excluding hydrogens is 324 g/mol. The van der Waals surface area contributed by atoms with Crippen molar-refractivity contribution < 1.29 is 9.59 Å². The molecule has 0 fully saturated rings. The number of carbonyl (C=O) groups is 2. The van der Waals surface area contributed by atoms with Gasteiger partial charge in [0.2, 0.25) is 11.8 Å². The Kier molecular flexibility index (Phi) is 5.62. The Balaban J connectivity index is 2.05.